The normalized spacial score (nSPS) is 15.7. The van der Waals surface area contributed by atoms with Gasteiger partial charge in [0, 0.05) is 24.3 Å². The second kappa shape index (κ2) is 5.65. The van der Waals surface area contributed by atoms with E-state index in [1.54, 1.807) is 6.20 Å². The quantitative estimate of drug-likeness (QED) is 0.706. The second-order valence-electron chi connectivity index (χ2n) is 4.51. The molecule has 0 aliphatic heterocycles. The first-order valence-electron chi connectivity index (χ1n) is 6.14. The molecule has 1 heterocycles. The maximum absolute atomic E-state index is 6.09. The molecule has 0 saturated heterocycles. The zero-order valence-corrected chi connectivity index (χ0v) is 10.6. The van der Waals surface area contributed by atoms with Crippen LogP contribution >= 0.6 is 11.6 Å². The topological polar surface area (TPSA) is 16.1 Å². The molecule has 2 nitrogen and oxygen atoms in total. The van der Waals surface area contributed by atoms with E-state index in [0.717, 1.165) is 18.2 Å². The minimum atomic E-state index is 0.657. The molecule has 0 atom stereocenters. The first-order chi connectivity index (χ1) is 7.81. The van der Waals surface area contributed by atoms with Crippen molar-refractivity contribution in [2.24, 2.45) is 0 Å². The molecule has 16 heavy (non-hydrogen) atoms. The average molecular weight is 239 g/mol. The lowest BCUT2D eigenvalue weighted by atomic mass is 10.2. The van der Waals surface area contributed by atoms with Crippen LogP contribution in [0.5, 0.6) is 0 Å². The van der Waals surface area contributed by atoms with Gasteiger partial charge in [-0.05, 0) is 31.9 Å². The summed E-state index contributed by atoms with van der Waals surface area (Å²) in [6.45, 7) is 4.38. The fraction of sp³-hybridized carbons (Fsp3) is 0.615. The minimum Gasteiger partial charge on any atom is -0.296 e. The van der Waals surface area contributed by atoms with Crippen molar-refractivity contribution in [2.45, 2.75) is 45.2 Å². The molecule has 0 bridgehead atoms. The van der Waals surface area contributed by atoms with Crippen LogP contribution in [0.15, 0.2) is 18.3 Å². The number of hydrogen-bond acceptors (Lipinski definition) is 2. The Labute approximate surface area is 103 Å². The van der Waals surface area contributed by atoms with Gasteiger partial charge in [-0.2, -0.15) is 0 Å². The molecule has 1 fully saturated rings. The van der Waals surface area contributed by atoms with Crippen LogP contribution in [0, 0.1) is 0 Å². The SMILES string of the molecule is CCCCN(Cc1cccnc1Cl)C1CC1. The van der Waals surface area contributed by atoms with E-state index in [0.29, 0.717) is 5.15 Å². The summed E-state index contributed by atoms with van der Waals surface area (Å²) in [6, 6.07) is 4.84. The Kier molecular flexibility index (Phi) is 4.19. The molecule has 0 N–H and O–H groups in total. The van der Waals surface area contributed by atoms with Crippen molar-refractivity contribution in [1.29, 1.82) is 0 Å². The largest absolute Gasteiger partial charge is 0.296 e. The lowest BCUT2D eigenvalue weighted by molar-refractivity contribution is 0.250. The summed E-state index contributed by atoms with van der Waals surface area (Å²) in [7, 11) is 0. The molecule has 1 aromatic heterocycles. The van der Waals surface area contributed by atoms with Crippen LogP contribution < -0.4 is 0 Å². The van der Waals surface area contributed by atoms with E-state index in [-0.39, 0.29) is 0 Å². The first-order valence-corrected chi connectivity index (χ1v) is 6.52. The molecule has 3 heteroatoms. The smallest absolute Gasteiger partial charge is 0.133 e. The highest BCUT2D eigenvalue weighted by Crippen LogP contribution is 2.29. The monoisotopic (exact) mass is 238 g/mol. The number of halogens is 1. The standard InChI is InChI=1S/C13H19ClN2/c1-2-3-9-16(12-6-7-12)10-11-5-4-8-15-13(11)14/h4-5,8,12H,2-3,6-7,9-10H2,1H3. The molecule has 1 aliphatic carbocycles. The van der Waals surface area contributed by atoms with E-state index in [9.17, 15) is 0 Å². The van der Waals surface area contributed by atoms with Crippen LogP contribution in [0.3, 0.4) is 0 Å². The highest BCUT2D eigenvalue weighted by Gasteiger charge is 2.28. The molecule has 0 aromatic carbocycles. The van der Waals surface area contributed by atoms with E-state index in [2.05, 4.69) is 22.9 Å². The molecule has 2 rings (SSSR count). The molecule has 1 saturated carbocycles. The van der Waals surface area contributed by atoms with Gasteiger partial charge in [-0.3, -0.25) is 4.90 Å². The van der Waals surface area contributed by atoms with E-state index in [1.165, 1.54) is 32.2 Å². The van der Waals surface area contributed by atoms with E-state index in [4.69, 9.17) is 11.6 Å². The molecule has 88 valence electrons. The third-order valence-corrected chi connectivity index (χ3v) is 3.41. The Balaban J connectivity index is 1.97. The molecule has 1 aliphatic rings. The number of pyridine rings is 1. The summed E-state index contributed by atoms with van der Waals surface area (Å²) in [5.74, 6) is 0. The second-order valence-corrected chi connectivity index (χ2v) is 4.87. The Bertz CT molecular complexity index is 336. The maximum atomic E-state index is 6.09. The lowest BCUT2D eigenvalue weighted by Gasteiger charge is -2.21. The molecule has 1 aromatic rings. The van der Waals surface area contributed by atoms with Gasteiger partial charge in [0.1, 0.15) is 5.15 Å². The third kappa shape index (κ3) is 3.19. The van der Waals surface area contributed by atoms with Crippen molar-refractivity contribution >= 4 is 11.6 Å². The molecular weight excluding hydrogens is 220 g/mol. The van der Waals surface area contributed by atoms with Gasteiger partial charge in [0.15, 0.2) is 0 Å². The molecule has 0 amide bonds. The summed E-state index contributed by atoms with van der Waals surface area (Å²) < 4.78 is 0. The fourth-order valence-corrected chi connectivity index (χ4v) is 2.13. The van der Waals surface area contributed by atoms with E-state index < -0.39 is 0 Å². The summed E-state index contributed by atoms with van der Waals surface area (Å²) in [5.41, 5.74) is 1.16. The third-order valence-electron chi connectivity index (χ3n) is 3.07. The minimum absolute atomic E-state index is 0.657. The van der Waals surface area contributed by atoms with Crippen molar-refractivity contribution in [3.63, 3.8) is 0 Å². The molecule has 0 spiro atoms. The van der Waals surface area contributed by atoms with Crippen LogP contribution in [-0.2, 0) is 6.54 Å². The van der Waals surface area contributed by atoms with Gasteiger partial charge >= 0.3 is 0 Å². The van der Waals surface area contributed by atoms with Crippen LogP contribution in [0.25, 0.3) is 0 Å². The number of nitrogens with zero attached hydrogens (tertiary/aromatic N) is 2. The Morgan fingerprint density at radius 3 is 2.94 bits per heavy atom. The Morgan fingerprint density at radius 2 is 2.31 bits per heavy atom. The number of rotatable bonds is 6. The average Bonchev–Trinajstić information content (AvgIpc) is 3.10. The van der Waals surface area contributed by atoms with Gasteiger partial charge in [-0.1, -0.05) is 31.0 Å². The fourth-order valence-electron chi connectivity index (χ4n) is 1.95. The zero-order valence-electron chi connectivity index (χ0n) is 9.82. The lowest BCUT2D eigenvalue weighted by Crippen LogP contribution is -2.26. The number of unbranched alkanes of at least 4 members (excludes halogenated alkanes) is 1. The zero-order chi connectivity index (χ0) is 11.4. The van der Waals surface area contributed by atoms with Crippen molar-refractivity contribution in [3.8, 4) is 0 Å². The van der Waals surface area contributed by atoms with E-state index >= 15 is 0 Å². The highest BCUT2D eigenvalue weighted by atomic mass is 35.5. The van der Waals surface area contributed by atoms with Crippen molar-refractivity contribution < 1.29 is 0 Å². The van der Waals surface area contributed by atoms with Crippen LogP contribution in [0.4, 0.5) is 0 Å². The molecule has 0 radical (unpaired) electrons. The van der Waals surface area contributed by atoms with Gasteiger partial charge in [-0.25, -0.2) is 4.98 Å². The maximum Gasteiger partial charge on any atom is 0.133 e. The van der Waals surface area contributed by atoms with Gasteiger partial charge < -0.3 is 0 Å². The van der Waals surface area contributed by atoms with Gasteiger partial charge in [0.2, 0.25) is 0 Å². The van der Waals surface area contributed by atoms with Crippen molar-refractivity contribution in [1.82, 2.24) is 9.88 Å². The predicted octanol–water partition coefficient (Wildman–Crippen LogP) is 3.50. The summed E-state index contributed by atoms with van der Waals surface area (Å²) in [5, 5.41) is 0.657. The Morgan fingerprint density at radius 1 is 1.50 bits per heavy atom. The van der Waals surface area contributed by atoms with Crippen LogP contribution in [-0.4, -0.2) is 22.5 Å². The van der Waals surface area contributed by atoms with Gasteiger partial charge in [0.05, 0.1) is 0 Å². The van der Waals surface area contributed by atoms with Crippen molar-refractivity contribution in [2.75, 3.05) is 6.54 Å². The summed E-state index contributed by atoms with van der Waals surface area (Å²) in [6.07, 6.45) is 6.97. The Hall–Kier alpha value is -0.600. The molecule has 0 unspecified atom stereocenters. The van der Waals surface area contributed by atoms with Gasteiger partial charge in [0.25, 0.3) is 0 Å². The summed E-state index contributed by atoms with van der Waals surface area (Å²) in [4.78, 5) is 6.68. The number of hydrogen-bond donors (Lipinski definition) is 0. The van der Waals surface area contributed by atoms with Crippen LogP contribution in [0.2, 0.25) is 5.15 Å². The molecular formula is C13H19ClN2. The predicted molar refractivity (Wildman–Crippen MR) is 67.6 cm³/mol. The number of aromatic nitrogens is 1. The van der Waals surface area contributed by atoms with Gasteiger partial charge in [-0.15, -0.1) is 0 Å². The summed E-state index contributed by atoms with van der Waals surface area (Å²) >= 11 is 6.09. The van der Waals surface area contributed by atoms with Crippen LogP contribution in [0.1, 0.15) is 38.2 Å². The van der Waals surface area contributed by atoms with Crippen molar-refractivity contribution in [3.05, 3.63) is 29.0 Å². The van der Waals surface area contributed by atoms with E-state index in [1.807, 2.05) is 6.07 Å². The highest BCUT2D eigenvalue weighted by molar-refractivity contribution is 6.30. The first kappa shape index (κ1) is 11.9.